The topological polar surface area (TPSA) is 49.0 Å². The second-order valence-corrected chi connectivity index (χ2v) is 3.56. The zero-order valence-electron chi connectivity index (χ0n) is 8.91. The summed E-state index contributed by atoms with van der Waals surface area (Å²) in [6.45, 7) is 0. The van der Waals surface area contributed by atoms with Crippen molar-refractivity contribution in [3.63, 3.8) is 0 Å². The fourth-order valence-corrected chi connectivity index (χ4v) is 1.63. The van der Waals surface area contributed by atoms with Crippen LogP contribution in [0.25, 0.3) is 11.3 Å². The standard InChI is InChI=1S/C12H8F2N2O/c1-16-7(6-15)2-3-11(16)8-4-10(14)12(17)5-9(8)13/h2-5,17H,1H3. The van der Waals surface area contributed by atoms with Crippen molar-refractivity contribution in [1.29, 1.82) is 5.26 Å². The highest BCUT2D eigenvalue weighted by atomic mass is 19.1. The Balaban J connectivity index is 2.65. The number of phenolic OH excluding ortho intramolecular Hbond substituents is 1. The molecule has 0 atom stereocenters. The van der Waals surface area contributed by atoms with Crippen molar-refractivity contribution in [3.8, 4) is 23.1 Å². The lowest BCUT2D eigenvalue weighted by molar-refractivity contribution is 0.427. The van der Waals surface area contributed by atoms with Gasteiger partial charge < -0.3 is 9.67 Å². The molecule has 0 amide bonds. The third kappa shape index (κ3) is 1.74. The number of rotatable bonds is 1. The summed E-state index contributed by atoms with van der Waals surface area (Å²) < 4.78 is 28.2. The predicted octanol–water partition coefficient (Wildman–Crippen LogP) is 2.55. The van der Waals surface area contributed by atoms with Crippen LogP contribution in [-0.2, 0) is 7.05 Å². The van der Waals surface area contributed by atoms with Gasteiger partial charge in [-0.1, -0.05) is 0 Å². The maximum absolute atomic E-state index is 13.6. The third-order valence-electron chi connectivity index (χ3n) is 2.55. The van der Waals surface area contributed by atoms with Gasteiger partial charge in [0.05, 0.1) is 5.69 Å². The number of aromatic nitrogens is 1. The van der Waals surface area contributed by atoms with Crippen molar-refractivity contribution >= 4 is 0 Å². The molecule has 1 aromatic heterocycles. The molecule has 0 fully saturated rings. The van der Waals surface area contributed by atoms with Crippen molar-refractivity contribution in [1.82, 2.24) is 4.57 Å². The van der Waals surface area contributed by atoms with Crippen LogP contribution in [0.1, 0.15) is 5.69 Å². The van der Waals surface area contributed by atoms with Gasteiger partial charge in [-0.25, -0.2) is 8.78 Å². The number of halogens is 2. The average Bonchev–Trinajstić information content (AvgIpc) is 2.65. The Morgan fingerprint density at radius 2 is 1.94 bits per heavy atom. The van der Waals surface area contributed by atoms with Crippen LogP contribution in [-0.4, -0.2) is 9.67 Å². The molecule has 0 aliphatic heterocycles. The predicted molar refractivity (Wildman–Crippen MR) is 57.1 cm³/mol. The average molecular weight is 234 g/mol. The van der Waals surface area contributed by atoms with E-state index in [1.165, 1.54) is 16.7 Å². The lowest BCUT2D eigenvalue weighted by Crippen LogP contribution is -1.97. The summed E-state index contributed by atoms with van der Waals surface area (Å²) in [5.74, 6) is -2.38. The van der Waals surface area contributed by atoms with E-state index in [1.807, 2.05) is 6.07 Å². The molecule has 0 aliphatic carbocycles. The SMILES string of the molecule is Cn1c(C#N)ccc1-c1cc(F)c(O)cc1F. The summed E-state index contributed by atoms with van der Waals surface area (Å²) in [6, 6.07) is 6.58. The van der Waals surface area contributed by atoms with Gasteiger partial charge in [-0.15, -0.1) is 0 Å². The van der Waals surface area contributed by atoms with Crippen molar-refractivity contribution in [2.24, 2.45) is 7.05 Å². The minimum atomic E-state index is -0.902. The first kappa shape index (κ1) is 11.1. The van der Waals surface area contributed by atoms with Crippen LogP contribution in [0.2, 0.25) is 0 Å². The first-order chi connectivity index (χ1) is 8.04. The molecule has 5 heteroatoms. The van der Waals surface area contributed by atoms with Gasteiger partial charge in [0.2, 0.25) is 0 Å². The lowest BCUT2D eigenvalue weighted by atomic mass is 10.1. The van der Waals surface area contributed by atoms with Crippen LogP contribution in [0, 0.1) is 23.0 Å². The molecule has 17 heavy (non-hydrogen) atoms. The van der Waals surface area contributed by atoms with Gasteiger partial charge in [-0.3, -0.25) is 0 Å². The van der Waals surface area contributed by atoms with E-state index in [1.54, 1.807) is 7.05 Å². The normalized spacial score (nSPS) is 10.2. The molecular formula is C12H8F2N2O. The highest BCUT2D eigenvalue weighted by molar-refractivity contribution is 5.63. The van der Waals surface area contributed by atoms with Gasteiger partial charge in [0.15, 0.2) is 11.6 Å². The van der Waals surface area contributed by atoms with E-state index in [-0.39, 0.29) is 5.56 Å². The Labute approximate surface area is 96.2 Å². The monoisotopic (exact) mass is 234 g/mol. The first-order valence-electron chi connectivity index (χ1n) is 4.78. The van der Waals surface area contributed by atoms with Crippen LogP contribution < -0.4 is 0 Å². The van der Waals surface area contributed by atoms with E-state index < -0.39 is 17.4 Å². The van der Waals surface area contributed by atoms with Gasteiger partial charge in [0.25, 0.3) is 0 Å². The van der Waals surface area contributed by atoms with Gasteiger partial charge in [-0.05, 0) is 18.2 Å². The number of phenols is 1. The molecule has 3 nitrogen and oxygen atoms in total. The molecule has 0 bridgehead atoms. The Bertz CT molecular complexity index is 626. The van der Waals surface area contributed by atoms with Crippen LogP contribution in [0.4, 0.5) is 8.78 Å². The number of nitrogens with zero attached hydrogens (tertiary/aromatic N) is 2. The zero-order chi connectivity index (χ0) is 12.6. The van der Waals surface area contributed by atoms with Crippen LogP contribution in [0.3, 0.4) is 0 Å². The van der Waals surface area contributed by atoms with Crippen LogP contribution in [0.5, 0.6) is 5.75 Å². The molecule has 1 heterocycles. The zero-order valence-corrected chi connectivity index (χ0v) is 8.91. The number of aromatic hydroxyl groups is 1. The van der Waals surface area contributed by atoms with E-state index in [9.17, 15) is 8.78 Å². The highest BCUT2D eigenvalue weighted by Crippen LogP contribution is 2.29. The maximum atomic E-state index is 13.6. The Kier molecular flexibility index (Phi) is 2.56. The van der Waals surface area contributed by atoms with Gasteiger partial charge in [0, 0.05) is 18.7 Å². The number of benzene rings is 1. The fraction of sp³-hybridized carbons (Fsp3) is 0.0833. The van der Waals surface area contributed by atoms with Crippen LogP contribution in [0.15, 0.2) is 24.3 Å². The fourth-order valence-electron chi connectivity index (χ4n) is 1.63. The maximum Gasteiger partial charge on any atom is 0.165 e. The van der Waals surface area contributed by atoms with Crippen molar-refractivity contribution in [3.05, 3.63) is 41.6 Å². The Hall–Kier alpha value is -2.35. The van der Waals surface area contributed by atoms with Gasteiger partial charge >= 0.3 is 0 Å². The van der Waals surface area contributed by atoms with E-state index in [0.29, 0.717) is 17.5 Å². The Morgan fingerprint density at radius 3 is 2.53 bits per heavy atom. The second-order valence-electron chi connectivity index (χ2n) is 3.56. The number of nitriles is 1. The third-order valence-corrected chi connectivity index (χ3v) is 2.55. The van der Waals surface area contributed by atoms with Crippen molar-refractivity contribution in [2.45, 2.75) is 0 Å². The summed E-state index contributed by atoms with van der Waals surface area (Å²) in [4.78, 5) is 0. The first-order valence-corrected chi connectivity index (χ1v) is 4.78. The quantitative estimate of drug-likeness (QED) is 0.824. The van der Waals surface area contributed by atoms with E-state index >= 15 is 0 Å². The molecule has 86 valence electrons. The minimum absolute atomic E-state index is 0.00398. The summed E-state index contributed by atoms with van der Waals surface area (Å²) in [5.41, 5.74) is 0.718. The molecule has 0 saturated heterocycles. The van der Waals surface area contributed by atoms with E-state index in [4.69, 9.17) is 10.4 Å². The molecular weight excluding hydrogens is 226 g/mol. The lowest BCUT2D eigenvalue weighted by Gasteiger charge is -2.06. The summed E-state index contributed by atoms with van der Waals surface area (Å²) >= 11 is 0. The van der Waals surface area contributed by atoms with Crippen molar-refractivity contribution in [2.75, 3.05) is 0 Å². The molecule has 0 aliphatic rings. The Morgan fingerprint density at radius 1 is 1.24 bits per heavy atom. The number of hydrogen-bond acceptors (Lipinski definition) is 2. The largest absolute Gasteiger partial charge is 0.505 e. The molecule has 1 aromatic carbocycles. The van der Waals surface area contributed by atoms with E-state index in [0.717, 1.165) is 6.07 Å². The molecule has 0 spiro atoms. The molecule has 2 aromatic rings. The molecule has 0 saturated carbocycles. The molecule has 2 rings (SSSR count). The summed E-state index contributed by atoms with van der Waals surface area (Å²) in [6.07, 6.45) is 0. The molecule has 1 N–H and O–H groups in total. The highest BCUT2D eigenvalue weighted by Gasteiger charge is 2.14. The summed E-state index contributed by atoms with van der Waals surface area (Å²) in [5, 5.41) is 17.8. The van der Waals surface area contributed by atoms with Gasteiger partial charge in [-0.2, -0.15) is 5.26 Å². The molecule has 0 unspecified atom stereocenters. The smallest absolute Gasteiger partial charge is 0.165 e. The summed E-state index contributed by atoms with van der Waals surface area (Å²) in [7, 11) is 1.58. The molecule has 0 radical (unpaired) electrons. The van der Waals surface area contributed by atoms with Gasteiger partial charge in [0.1, 0.15) is 17.6 Å². The van der Waals surface area contributed by atoms with E-state index in [2.05, 4.69) is 0 Å². The van der Waals surface area contributed by atoms with Crippen LogP contribution >= 0.6 is 0 Å². The number of hydrogen-bond donors (Lipinski definition) is 1. The minimum Gasteiger partial charge on any atom is -0.505 e. The second kappa shape index (κ2) is 3.91. The van der Waals surface area contributed by atoms with Crippen molar-refractivity contribution < 1.29 is 13.9 Å².